The Bertz CT molecular complexity index is 1070. The van der Waals surface area contributed by atoms with Gasteiger partial charge in [0.15, 0.2) is 6.10 Å². The van der Waals surface area contributed by atoms with Crippen LogP contribution < -0.4 is 5.32 Å². The van der Waals surface area contributed by atoms with Crippen molar-refractivity contribution in [3.8, 4) is 0 Å². The zero-order valence-corrected chi connectivity index (χ0v) is 18.3. The first-order chi connectivity index (χ1) is 14.4. The molecule has 0 aliphatic carbocycles. The van der Waals surface area contributed by atoms with Gasteiger partial charge in [0.1, 0.15) is 0 Å². The van der Waals surface area contributed by atoms with E-state index in [9.17, 15) is 9.59 Å². The maximum absolute atomic E-state index is 12.6. The summed E-state index contributed by atoms with van der Waals surface area (Å²) in [6.45, 7) is 7.95. The molecule has 0 aliphatic heterocycles. The van der Waals surface area contributed by atoms with Crippen molar-refractivity contribution in [2.24, 2.45) is 0 Å². The fourth-order valence-corrected chi connectivity index (χ4v) is 3.69. The molecule has 0 bridgehead atoms. The first kappa shape index (κ1) is 21.8. The van der Waals surface area contributed by atoms with E-state index in [1.165, 1.54) is 11.8 Å². The highest BCUT2D eigenvalue weighted by molar-refractivity contribution is 7.98. The molecular formula is C21H25N5O3S. The Morgan fingerprint density at radius 3 is 2.77 bits per heavy atom. The standard InChI is InChI=1S/C21H25N5O3S/c1-5-10-22-18(27)15(4)29-19(28)17-9-7-6-8-16(17)12-30-21-24-20-23-13(2)11-14(3)26(20)25-21/h6-9,11,15H,5,10,12H2,1-4H3,(H,22,27). The van der Waals surface area contributed by atoms with E-state index in [0.29, 0.717) is 28.8 Å². The summed E-state index contributed by atoms with van der Waals surface area (Å²) in [6.07, 6.45) is -0.0415. The third-order valence-electron chi connectivity index (χ3n) is 4.40. The van der Waals surface area contributed by atoms with Crippen LogP contribution in [0, 0.1) is 13.8 Å². The smallest absolute Gasteiger partial charge is 0.339 e. The quantitative estimate of drug-likeness (QED) is 0.436. The fraction of sp³-hybridized carbons (Fsp3) is 0.381. The Morgan fingerprint density at radius 2 is 2.00 bits per heavy atom. The molecule has 158 valence electrons. The summed E-state index contributed by atoms with van der Waals surface area (Å²) in [5, 5.41) is 7.78. The topological polar surface area (TPSA) is 98.5 Å². The summed E-state index contributed by atoms with van der Waals surface area (Å²) in [4.78, 5) is 33.5. The second-order valence-electron chi connectivity index (χ2n) is 6.93. The van der Waals surface area contributed by atoms with Gasteiger partial charge in [-0.2, -0.15) is 4.98 Å². The molecule has 0 radical (unpaired) electrons. The highest BCUT2D eigenvalue weighted by Gasteiger charge is 2.20. The summed E-state index contributed by atoms with van der Waals surface area (Å²) in [6, 6.07) is 9.12. The van der Waals surface area contributed by atoms with Crippen LogP contribution in [0.4, 0.5) is 0 Å². The summed E-state index contributed by atoms with van der Waals surface area (Å²) in [7, 11) is 0. The van der Waals surface area contributed by atoms with E-state index in [-0.39, 0.29) is 5.91 Å². The predicted molar refractivity (Wildman–Crippen MR) is 114 cm³/mol. The molecule has 30 heavy (non-hydrogen) atoms. The molecule has 0 spiro atoms. The van der Waals surface area contributed by atoms with Gasteiger partial charge in [-0.05, 0) is 44.9 Å². The van der Waals surface area contributed by atoms with Gasteiger partial charge in [-0.25, -0.2) is 14.3 Å². The Morgan fingerprint density at radius 1 is 1.23 bits per heavy atom. The summed E-state index contributed by atoms with van der Waals surface area (Å²) >= 11 is 1.41. The summed E-state index contributed by atoms with van der Waals surface area (Å²) in [5.74, 6) is 0.205. The average Bonchev–Trinajstić information content (AvgIpc) is 3.13. The number of hydrogen-bond acceptors (Lipinski definition) is 7. The van der Waals surface area contributed by atoms with Crippen LogP contribution in [0.2, 0.25) is 0 Å². The van der Waals surface area contributed by atoms with Crippen LogP contribution in [0.3, 0.4) is 0 Å². The lowest BCUT2D eigenvalue weighted by Crippen LogP contribution is -2.36. The molecule has 0 aliphatic rings. The first-order valence-electron chi connectivity index (χ1n) is 9.79. The number of thioether (sulfide) groups is 1. The van der Waals surface area contributed by atoms with Gasteiger partial charge < -0.3 is 10.1 Å². The van der Waals surface area contributed by atoms with Crippen molar-refractivity contribution in [2.75, 3.05) is 6.54 Å². The second kappa shape index (κ2) is 9.71. The fourth-order valence-electron chi connectivity index (χ4n) is 2.87. The molecule has 3 aromatic rings. The molecule has 3 rings (SSSR count). The van der Waals surface area contributed by atoms with Crippen molar-refractivity contribution < 1.29 is 14.3 Å². The normalized spacial score (nSPS) is 12.0. The minimum atomic E-state index is -0.859. The highest BCUT2D eigenvalue weighted by atomic mass is 32.2. The molecule has 2 heterocycles. The van der Waals surface area contributed by atoms with Crippen LogP contribution in [0.25, 0.3) is 5.78 Å². The zero-order valence-electron chi connectivity index (χ0n) is 17.5. The number of nitrogens with zero attached hydrogens (tertiary/aromatic N) is 4. The van der Waals surface area contributed by atoms with Gasteiger partial charge in [-0.3, -0.25) is 4.79 Å². The van der Waals surface area contributed by atoms with Gasteiger partial charge in [0.05, 0.1) is 5.56 Å². The number of carbonyl (C=O) groups excluding carboxylic acids is 2. The molecule has 1 amide bonds. The summed E-state index contributed by atoms with van der Waals surface area (Å²) < 4.78 is 7.06. The number of rotatable bonds is 8. The number of hydrogen-bond donors (Lipinski definition) is 1. The number of ether oxygens (including phenoxy) is 1. The van der Waals surface area contributed by atoms with E-state index < -0.39 is 12.1 Å². The average molecular weight is 428 g/mol. The van der Waals surface area contributed by atoms with Gasteiger partial charge in [0, 0.05) is 23.7 Å². The van der Waals surface area contributed by atoms with E-state index in [0.717, 1.165) is 23.4 Å². The molecular weight excluding hydrogens is 402 g/mol. The lowest BCUT2D eigenvalue weighted by Gasteiger charge is -2.14. The lowest BCUT2D eigenvalue weighted by atomic mass is 10.1. The maximum Gasteiger partial charge on any atom is 0.339 e. The van der Waals surface area contributed by atoms with Gasteiger partial charge >= 0.3 is 5.97 Å². The first-order valence-corrected chi connectivity index (χ1v) is 10.8. The van der Waals surface area contributed by atoms with Gasteiger partial charge in [0.2, 0.25) is 5.16 Å². The Hall–Kier alpha value is -2.94. The van der Waals surface area contributed by atoms with Crippen LogP contribution in [0.5, 0.6) is 0 Å². The monoisotopic (exact) mass is 427 g/mol. The number of aromatic nitrogens is 4. The minimum absolute atomic E-state index is 0.302. The van der Waals surface area contributed by atoms with Crippen molar-refractivity contribution in [2.45, 2.75) is 51.1 Å². The number of fused-ring (bicyclic) bond motifs is 1. The van der Waals surface area contributed by atoms with E-state index >= 15 is 0 Å². The molecule has 0 saturated heterocycles. The predicted octanol–water partition coefficient (Wildman–Crippen LogP) is 3.10. The molecule has 1 N–H and O–H groups in total. The van der Waals surface area contributed by atoms with Crippen LogP contribution in [-0.2, 0) is 15.3 Å². The Kier molecular flexibility index (Phi) is 7.04. The van der Waals surface area contributed by atoms with E-state index in [1.807, 2.05) is 39.0 Å². The van der Waals surface area contributed by atoms with Gasteiger partial charge in [-0.1, -0.05) is 36.9 Å². The van der Waals surface area contributed by atoms with E-state index in [1.54, 1.807) is 23.6 Å². The molecule has 0 fully saturated rings. The van der Waals surface area contributed by atoms with Gasteiger partial charge in [0.25, 0.3) is 11.7 Å². The Labute approximate surface area is 179 Å². The third-order valence-corrected chi connectivity index (χ3v) is 5.28. The van der Waals surface area contributed by atoms with Crippen LogP contribution in [0.15, 0.2) is 35.5 Å². The minimum Gasteiger partial charge on any atom is -0.449 e. The number of amides is 1. The van der Waals surface area contributed by atoms with Crippen LogP contribution in [0.1, 0.15) is 47.6 Å². The van der Waals surface area contributed by atoms with Crippen molar-refractivity contribution in [1.82, 2.24) is 24.9 Å². The van der Waals surface area contributed by atoms with Gasteiger partial charge in [-0.15, -0.1) is 5.10 Å². The number of esters is 1. The highest BCUT2D eigenvalue weighted by Crippen LogP contribution is 2.23. The molecule has 9 heteroatoms. The number of benzene rings is 1. The van der Waals surface area contributed by atoms with Crippen molar-refractivity contribution >= 4 is 29.4 Å². The second-order valence-corrected chi connectivity index (χ2v) is 7.87. The van der Waals surface area contributed by atoms with Crippen LogP contribution >= 0.6 is 11.8 Å². The van der Waals surface area contributed by atoms with Crippen molar-refractivity contribution in [3.05, 3.63) is 52.8 Å². The molecule has 0 saturated carbocycles. The van der Waals surface area contributed by atoms with E-state index in [2.05, 4.69) is 20.4 Å². The lowest BCUT2D eigenvalue weighted by molar-refractivity contribution is -0.129. The molecule has 1 unspecified atom stereocenters. The van der Waals surface area contributed by atoms with Crippen molar-refractivity contribution in [3.63, 3.8) is 0 Å². The van der Waals surface area contributed by atoms with E-state index in [4.69, 9.17) is 4.74 Å². The number of carbonyl (C=O) groups is 2. The third kappa shape index (κ3) is 5.15. The Balaban J connectivity index is 1.70. The molecule has 1 aromatic carbocycles. The maximum atomic E-state index is 12.6. The largest absolute Gasteiger partial charge is 0.449 e. The molecule has 8 nitrogen and oxygen atoms in total. The molecule has 1 atom stereocenters. The summed E-state index contributed by atoms with van der Waals surface area (Å²) in [5.41, 5.74) is 3.05. The van der Waals surface area contributed by atoms with Crippen molar-refractivity contribution in [1.29, 1.82) is 0 Å². The number of aryl methyl sites for hydroxylation is 2. The SMILES string of the molecule is CCCNC(=O)C(C)OC(=O)c1ccccc1CSc1nc2nc(C)cc(C)n2n1. The zero-order chi connectivity index (χ0) is 21.7. The molecule has 2 aromatic heterocycles. The van der Waals surface area contributed by atoms with Crippen LogP contribution in [-0.4, -0.2) is 44.1 Å². The number of nitrogens with one attached hydrogen (secondary N) is 1.